The first-order valence-electron chi connectivity index (χ1n) is 31.0. The smallest absolute Gasteiger partial charge is 0.217 e. The monoisotopic (exact) mass is 1420 g/mol. The van der Waals surface area contributed by atoms with Crippen molar-refractivity contribution < 1.29 is 198 Å². The van der Waals surface area contributed by atoms with E-state index in [2.05, 4.69) is 16.0 Å². The van der Waals surface area contributed by atoms with Gasteiger partial charge in [-0.1, -0.05) is 0 Å². The van der Waals surface area contributed by atoms with Gasteiger partial charge in [0.05, 0.1) is 52.4 Å². The van der Waals surface area contributed by atoms with Gasteiger partial charge in [-0.15, -0.1) is 0 Å². The van der Waals surface area contributed by atoms with Crippen molar-refractivity contribution in [3.8, 4) is 0 Å². The lowest BCUT2D eigenvalue weighted by atomic mass is 9.94. The van der Waals surface area contributed by atoms with Crippen molar-refractivity contribution in [2.75, 3.05) is 46.2 Å². The van der Waals surface area contributed by atoms with Crippen molar-refractivity contribution in [1.29, 1.82) is 0 Å². The number of hydrogen-bond acceptors (Lipinski definition) is 40. The van der Waals surface area contributed by atoms with Crippen LogP contribution in [0, 0.1) is 0 Å². The number of hydrogen-bond donors (Lipinski definition) is 25. The van der Waals surface area contributed by atoms with Crippen LogP contribution in [0.1, 0.15) is 27.7 Å². The molecule has 0 bridgehead atoms. The first kappa shape index (κ1) is 79.6. The van der Waals surface area contributed by atoms with Crippen molar-refractivity contribution >= 4 is 17.7 Å². The molecule has 43 heteroatoms. The minimum Gasteiger partial charge on any atom is -0.394 e. The van der Waals surface area contributed by atoms with E-state index in [0.29, 0.717) is 0 Å². The highest BCUT2D eigenvalue weighted by Gasteiger charge is 2.59. The summed E-state index contributed by atoms with van der Waals surface area (Å²) in [6.45, 7) is -2.33. The Morgan fingerprint density at radius 3 is 1.07 bits per heavy atom. The molecule has 40 atom stereocenters. The summed E-state index contributed by atoms with van der Waals surface area (Å²) in [5, 5.41) is 247. The number of rotatable bonds is 24. The quantitative estimate of drug-likeness (QED) is 0.0427. The van der Waals surface area contributed by atoms with Gasteiger partial charge in [-0.25, -0.2) is 0 Å². The molecule has 3 amide bonds. The number of aliphatic hydroxyl groups is 22. The molecule has 8 heterocycles. The van der Waals surface area contributed by atoms with Crippen LogP contribution in [0.15, 0.2) is 0 Å². The third kappa shape index (κ3) is 17.8. The lowest BCUT2D eigenvalue weighted by molar-refractivity contribution is -0.384. The van der Waals surface area contributed by atoms with Crippen LogP contribution < -0.4 is 16.0 Å². The molecular weight excluding hydrogens is 1330 g/mol. The minimum atomic E-state index is -2.36. The van der Waals surface area contributed by atoms with Gasteiger partial charge in [-0.3, -0.25) is 14.4 Å². The van der Waals surface area contributed by atoms with Gasteiger partial charge in [-0.05, 0) is 6.92 Å². The summed E-state index contributed by atoms with van der Waals surface area (Å²) in [6, 6.07) is -5.21. The second kappa shape index (κ2) is 34.5. The summed E-state index contributed by atoms with van der Waals surface area (Å²) >= 11 is 0. The molecule has 0 aromatic heterocycles. The highest BCUT2D eigenvalue weighted by Crippen LogP contribution is 2.37. The molecule has 0 unspecified atom stereocenters. The fourth-order valence-electron chi connectivity index (χ4n) is 12.3. The Bertz CT molecular complexity index is 2490. The normalized spacial score (nSPS) is 49.9. The number of amides is 3. The van der Waals surface area contributed by atoms with Crippen LogP contribution in [0.2, 0.25) is 0 Å². The van der Waals surface area contributed by atoms with Crippen LogP contribution in [-0.2, 0) is 85.4 Å². The lowest BCUT2D eigenvalue weighted by Gasteiger charge is -2.50. The molecule has 8 saturated heterocycles. The van der Waals surface area contributed by atoms with E-state index in [1.165, 1.54) is 6.92 Å². The van der Waals surface area contributed by atoms with Crippen LogP contribution in [0.5, 0.6) is 0 Å². The van der Waals surface area contributed by atoms with Crippen molar-refractivity contribution in [2.24, 2.45) is 0 Å². The number of carbonyl (C=O) groups excluding carboxylic acids is 3. The van der Waals surface area contributed by atoms with E-state index < -0.39 is 309 Å². The molecule has 97 heavy (non-hydrogen) atoms. The predicted octanol–water partition coefficient (Wildman–Crippen LogP) is -17.0. The van der Waals surface area contributed by atoms with Crippen LogP contribution >= 0.6 is 0 Å². The number of carbonyl (C=O) groups is 3. The Labute approximate surface area is 549 Å². The average Bonchev–Trinajstić information content (AvgIpc) is 0.773. The minimum absolute atomic E-state index is 0.781. The average molecular weight is 1420 g/mol. The molecule has 0 aliphatic carbocycles. The number of nitrogens with one attached hydrogen (secondary N) is 3. The lowest BCUT2D eigenvalue weighted by Crippen LogP contribution is -2.70. The Balaban J connectivity index is 1.01. The Morgan fingerprint density at radius 2 is 0.598 bits per heavy atom. The molecule has 0 spiro atoms. The fourth-order valence-corrected chi connectivity index (χ4v) is 12.3. The number of ether oxygens (including phenoxy) is 15. The zero-order valence-corrected chi connectivity index (χ0v) is 52.2. The summed E-state index contributed by atoms with van der Waals surface area (Å²) in [6.07, 6.45) is -71.1. The van der Waals surface area contributed by atoms with E-state index in [0.717, 1.165) is 20.8 Å². The van der Waals surface area contributed by atoms with Gasteiger partial charge in [0.1, 0.15) is 189 Å². The van der Waals surface area contributed by atoms with E-state index in [-0.39, 0.29) is 0 Å². The van der Waals surface area contributed by atoms with Gasteiger partial charge >= 0.3 is 0 Å². The molecule has 0 saturated carbocycles. The van der Waals surface area contributed by atoms with Crippen LogP contribution in [0.4, 0.5) is 0 Å². The molecule has 0 radical (unpaired) electrons. The summed E-state index contributed by atoms with van der Waals surface area (Å²) in [7, 11) is 0. The maximum absolute atomic E-state index is 12.9. The van der Waals surface area contributed by atoms with E-state index >= 15 is 0 Å². The second-order valence-corrected chi connectivity index (χ2v) is 24.7. The van der Waals surface area contributed by atoms with Gasteiger partial charge in [0.25, 0.3) is 0 Å². The molecule has 8 aliphatic heterocycles. The maximum Gasteiger partial charge on any atom is 0.217 e. The molecule has 0 aromatic rings. The molecule has 43 nitrogen and oxygen atoms in total. The van der Waals surface area contributed by atoms with Crippen molar-refractivity contribution in [3.63, 3.8) is 0 Å². The summed E-state index contributed by atoms with van der Waals surface area (Å²) < 4.78 is 86.8. The standard InChI is InChI=1S/C54H91N3O40/c1-12-26(65)34(73)38(77)50(86-12)85-11-22-45(31(70)23(47(82)87-22)55-13(2)62)94-49-25(57-15(4)64)33(72)44(19(8-61)91-49)96-54-42(81)46(97-53-41(80)36(75)28(67)17(6-59)89-53)30(69)21(93-54)10-84-51-39(78)37(76)29(68)20(92-51)9-83-48-24(56-14(3)63)32(71)43(18(7-60)90-48)95-52-40(79)35(74)27(66)16(5-58)88-52/h12,16-54,58-61,65-82H,5-11H2,1-4H3,(H,55,62)(H,56,63)(H,57,64)/t12-,16+,17+,18+,19+,20+,21+,22+,23+,24+,25+,26+,27-,28+,29+,30+,31+,32+,33+,34+,35-,36-,37-,38-,39-,40+,41-,42-,43+,44+,45+,46-,47+,48+,49-,50+,51-,52-,53+,54-/m0/s1. The van der Waals surface area contributed by atoms with E-state index in [1.807, 2.05) is 0 Å². The maximum atomic E-state index is 12.9. The fraction of sp³-hybridized carbons (Fsp3) is 0.944. The molecule has 8 fully saturated rings. The largest absolute Gasteiger partial charge is 0.394 e. The molecular formula is C54H91N3O40. The third-order valence-corrected chi connectivity index (χ3v) is 17.8. The van der Waals surface area contributed by atoms with Crippen molar-refractivity contribution in [3.05, 3.63) is 0 Å². The summed E-state index contributed by atoms with van der Waals surface area (Å²) in [5.41, 5.74) is 0. The molecule has 562 valence electrons. The van der Waals surface area contributed by atoms with Crippen LogP contribution in [0.3, 0.4) is 0 Å². The Kier molecular flexibility index (Phi) is 28.3. The SMILES string of the molecule is CC(=O)N[C@@H]1[C@@H](O)[C@H](O[C@@H]2O[C@H](CO)[C@@H](O[C@@H]3O[C@H](CO[C@H]4O[C@H](CO[C@@H]5O[C@H](CO)[C@@H](O[C@@H]6O[C@H](CO)[C@H](O)[C@H](O)[C@H]6O)[C@H](O)[C@H]5NC(C)=O)[C@@H](O)[C@H](O)[C@@H]4O)[C@@H](O)[C@H](O[C@H]4O[C@H](CO)[C@@H](O)[C@H](O)[C@@H]4O)[C@@H]3O)[C@H](O)[C@H]2NC(C)=O)[C@@H](CO[C@@H]2O[C@@H](C)[C@@H](O)[C@@H](O)[C@@H]2O)O[C@H]1O. The molecule has 0 aromatic carbocycles. The Morgan fingerprint density at radius 1 is 0.289 bits per heavy atom. The molecule has 8 aliphatic rings. The van der Waals surface area contributed by atoms with Crippen molar-refractivity contribution in [1.82, 2.24) is 16.0 Å². The number of aliphatic hydroxyl groups excluding tert-OH is 22. The van der Waals surface area contributed by atoms with Gasteiger partial charge in [0.2, 0.25) is 17.7 Å². The first-order chi connectivity index (χ1) is 45.8. The Hall–Kier alpha value is -3.07. The third-order valence-electron chi connectivity index (χ3n) is 17.8. The predicted molar refractivity (Wildman–Crippen MR) is 298 cm³/mol. The zero-order valence-electron chi connectivity index (χ0n) is 52.2. The molecule has 25 N–H and O–H groups in total. The topological polar surface area (TPSA) is 671 Å². The second-order valence-electron chi connectivity index (χ2n) is 24.7. The molecule has 8 rings (SSSR count). The summed E-state index contributed by atoms with van der Waals surface area (Å²) in [5.74, 6) is -2.51. The first-order valence-corrected chi connectivity index (χ1v) is 31.0. The van der Waals surface area contributed by atoms with Crippen molar-refractivity contribution in [2.45, 2.75) is 273 Å². The highest BCUT2D eigenvalue weighted by atomic mass is 16.8. The van der Waals surface area contributed by atoms with Gasteiger partial charge in [0.15, 0.2) is 50.3 Å². The van der Waals surface area contributed by atoms with Gasteiger partial charge in [0, 0.05) is 20.8 Å². The van der Waals surface area contributed by atoms with Crippen LogP contribution in [0.25, 0.3) is 0 Å². The van der Waals surface area contributed by atoms with E-state index in [9.17, 15) is 127 Å². The van der Waals surface area contributed by atoms with Gasteiger partial charge in [-0.2, -0.15) is 0 Å². The zero-order chi connectivity index (χ0) is 71.5. The van der Waals surface area contributed by atoms with Gasteiger partial charge < -0.3 is 199 Å². The van der Waals surface area contributed by atoms with E-state index in [1.54, 1.807) is 0 Å². The van der Waals surface area contributed by atoms with Crippen LogP contribution in [-0.4, -0.2) is 422 Å². The summed E-state index contributed by atoms with van der Waals surface area (Å²) in [4.78, 5) is 37.7. The highest BCUT2D eigenvalue weighted by molar-refractivity contribution is 5.74. The van der Waals surface area contributed by atoms with E-state index in [4.69, 9.17) is 71.1 Å².